The first-order valence-corrected chi connectivity index (χ1v) is 10.9. The number of H-pyrrole nitrogens is 1. The number of nitrogens with two attached hydrogens (primary N) is 1. The number of rotatable bonds is 5. The lowest BCUT2D eigenvalue weighted by atomic mass is 10.0. The summed E-state index contributed by atoms with van der Waals surface area (Å²) in [6.45, 7) is 4.24. The van der Waals surface area contributed by atoms with Gasteiger partial charge in [0.25, 0.3) is 0 Å². The normalized spacial score (nSPS) is 16.2. The van der Waals surface area contributed by atoms with Gasteiger partial charge in [-0.05, 0) is 37.0 Å². The third-order valence-electron chi connectivity index (χ3n) is 5.76. The number of ether oxygens (including phenoxy) is 1. The molecule has 4 aromatic heterocycles. The molecule has 4 aromatic rings. The Hall–Kier alpha value is -3.92. The van der Waals surface area contributed by atoms with Gasteiger partial charge in [0.15, 0.2) is 5.75 Å². The van der Waals surface area contributed by atoms with Crippen LogP contribution in [0.2, 0.25) is 0 Å². The van der Waals surface area contributed by atoms with Gasteiger partial charge in [-0.3, -0.25) is 15.0 Å². The van der Waals surface area contributed by atoms with E-state index in [9.17, 15) is 4.79 Å². The largest absolute Gasteiger partial charge is 0.417 e. The number of aryl methyl sites for hydroxylation is 1. The summed E-state index contributed by atoms with van der Waals surface area (Å²) in [5.41, 5.74) is 10.6. The van der Waals surface area contributed by atoms with Crippen molar-refractivity contribution in [2.45, 2.75) is 32.4 Å². The molecule has 0 aliphatic carbocycles. The second kappa shape index (κ2) is 8.91. The number of hydrogen-bond acceptors (Lipinski definition) is 7. The molecule has 1 fully saturated rings. The highest BCUT2D eigenvalue weighted by Gasteiger charge is 2.23. The number of aromatic nitrogens is 5. The molecule has 5 rings (SSSR count). The Kier molecular flexibility index (Phi) is 5.66. The molecule has 1 aliphatic rings. The first kappa shape index (κ1) is 21.0. The monoisotopic (exact) mass is 446 g/mol. The zero-order chi connectivity index (χ0) is 22.8. The van der Waals surface area contributed by atoms with Crippen LogP contribution in [0.3, 0.4) is 0 Å². The fourth-order valence-electron chi connectivity index (χ4n) is 4.30. The molecule has 4 N–H and O–H groups in total. The average molecular weight is 447 g/mol. The van der Waals surface area contributed by atoms with Crippen molar-refractivity contribution in [1.82, 2.24) is 24.7 Å². The van der Waals surface area contributed by atoms with E-state index < -0.39 is 6.09 Å². The molecule has 5 heterocycles. The summed E-state index contributed by atoms with van der Waals surface area (Å²) in [6.07, 6.45) is 11.7. The van der Waals surface area contributed by atoms with Gasteiger partial charge in [0.2, 0.25) is 0 Å². The van der Waals surface area contributed by atoms with E-state index in [1.54, 1.807) is 29.5 Å². The second-order valence-electron chi connectivity index (χ2n) is 8.31. The molecule has 0 bridgehead atoms. The van der Waals surface area contributed by atoms with E-state index in [4.69, 9.17) is 10.5 Å². The number of anilines is 2. The van der Waals surface area contributed by atoms with Gasteiger partial charge in [0.1, 0.15) is 5.65 Å². The lowest BCUT2D eigenvalue weighted by molar-refractivity contribution is 0.215. The number of aromatic amines is 1. The summed E-state index contributed by atoms with van der Waals surface area (Å²) in [7, 11) is 0. The molecule has 0 radical (unpaired) electrons. The average Bonchev–Trinajstić information content (AvgIpc) is 3.41. The molecular formula is C23H26N8O2. The van der Waals surface area contributed by atoms with Crippen LogP contribution in [0.15, 0.2) is 49.3 Å². The standard InChI is InChI=1S/C23H26N8O2/c1-15-8-26-22-20(21(15)30-7-3-5-17(24)13-30)19(11-27-22)29-23(32)33-18-10-28-31(14-18)12-16-4-2-6-25-9-16/h2,4,6,8-11,14,17H,3,5,7,12-13,24H2,1H3,(H,26,27)(H,29,32)/t17-/m1/s1. The van der Waals surface area contributed by atoms with Crippen LogP contribution in [0, 0.1) is 6.92 Å². The summed E-state index contributed by atoms with van der Waals surface area (Å²) >= 11 is 0. The van der Waals surface area contributed by atoms with Crippen molar-refractivity contribution in [1.29, 1.82) is 0 Å². The van der Waals surface area contributed by atoms with Gasteiger partial charge in [0.05, 0.1) is 35.7 Å². The van der Waals surface area contributed by atoms with Gasteiger partial charge in [-0.25, -0.2) is 9.78 Å². The molecule has 1 amide bonds. The zero-order valence-electron chi connectivity index (χ0n) is 18.4. The highest BCUT2D eigenvalue weighted by Crippen LogP contribution is 2.36. The molecule has 1 aliphatic heterocycles. The number of nitrogens with zero attached hydrogens (tertiary/aromatic N) is 5. The Morgan fingerprint density at radius 3 is 3.09 bits per heavy atom. The van der Waals surface area contributed by atoms with Crippen LogP contribution < -0.4 is 20.7 Å². The molecule has 170 valence electrons. The molecule has 10 heteroatoms. The predicted molar refractivity (Wildman–Crippen MR) is 125 cm³/mol. The number of piperidine rings is 1. The molecule has 0 saturated carbocycles. The van der Waals surface area contributed by atoms with Crippen molar-refractivity contribution in [3.05, 3.63) is 60.4 Å². The maximum absolute atomic E-state index is 12.7. The van der Waals surface area contributed by atoms with E-state index in [1.165, 1.54) is 6.20 Å². The first-order chi connectivity index (χ1) is 16.1. The number of nitrogens with one attached hydrogen (secondary N) is 2. The lowest BCUT2D eigenvalue weighted by Gasteiger charge is -2.34. The summed E-state index contributed by atoms with van der Waals surface area (Å²) in [5.74, 6) is 0.354. The van der Waals surface area contributed by atoms with Crippen molar-refractivity contribution in [2.75, 3.05) is 23.3 Å². The van der Waals surface area contributed by atoms with Gasteiger partial charge < -0.3 is 20.4 Å². The minimum absolute atomic E-state index is 0.130. The van der Waals surface area contributed by atoms with Crippen LogP contribution in [0.1, 0.15) is 24.0 Å². The minimum Gasteiger partial charge on any atom is -0.407 e. The topological polar surface area (TPSA) is 127 Å². The fourth-order valence-corrected chi connectivity index (χ4v) is 4.30. The van der Waals surface area contributed by atoms with E-state index in [0.717, 1.165) is 48.1 Å². The molecule has 33 heavy (non-hydrogen) atoms. The Morgan fingerprint density at radius 2 is 2.27 bits per heavy atom. The molecular weight excluding hydrogens is 420 g/mol. The molecule has 1 atom stereocenters. The number of hydrogen-bond donors (Lipinski definition) is 3. The number of carbonyl (C=O) groups is 1. The van der Waals surface area contributed by atoms with Gasteiger partial charge in [0, 0.05) is 43.9 Å². The van der Waals surface area contributed by atoms with Gasteiger partial charge >= 0.3 is 6.09 Å². The van der Waals surface area contributed by atoms with Crippen LogP contribution in [-0.4, -0.2) is 50.0 Å². The molecule has 0 aromatic carbocycles. The van der Waals surface area contributed by atoms with Crippen molar-refractivity contribution in [2.24, 2.45) is 5.73 Å². The zero-order valence-corrected chi connectivity index (χ0v) is 18.4. The number of pyridine rings is 2. The minimum atomic E-state index is -0.598. The highest BCUT2D eigenvalue weighted by molar-refractivity contribution is 6.06. The van der Waals surface area contributed by atoms with Crippen LogP contribution in [0.4, 0.5) is 16.2 Å². The molecule has 10 nitrogen and oxygen atoms in total. The van der Waals surface area contributed by atoms with Crippen LogP contribution in [0.25, 0.3) is 11.0 Å². The van der Waals surface area contributed by atoms with E-state index in [1.807, 2.05) is 25.3 Å². The SMILES string of the molecule is Cc1cnc2[nH]cc(NC(=O)Oc3cnn(Cc4cccnc4)c3)c2c1N1CCC[C@@H](N)C1. The molecule has 0 unspecified atom stereocenters. The Bertz CT molecular complexity index is 1270. The first-order valence-electron chi connectivity index (χ1n) is 10.9. The Morgan fingerprint density at radius 1 is 1.36 bits per heavy atom. The maximum atomic E-state index is 12.7. The second-order valence-corrected chi connectivity index (χ2v) is 8.31. The third-order valence-corrected chi connectivity index (χ3v) is 5.76. The fraction of sp³-hybridized carbons (Fsp3) is 0.304. The smallest absolute Gasteiger partial charge is 0.407 e. The number of amides is 1. The van der Waals surface area contributed by atoms with Crippen molar-refractivity contribution in [3.8, 4) is 5.75 Å². The van der Waals surface area contributed by atoms with E-state index in [-0.39, 0.29) is 6.04 Å². The maximum Gasteiger partial charge on any atom is 0.417 e. The van der Waals surface area contributed by atoms with Gasteiger partial charge in [-0.2, -0.15) is 5.10 Å². The molecule has 1 saturated heterocycles. The van der Waals surface area contributed by atoms with E-state index >= 15 is 0 Å². The summed E-state index contributed by atoms with van der Waals surface area (Å²) in [5, 5.41) is 7.96. The number of carbonyl (C=O) groups excluding carboxylic acids is 1. The summed E-state index contributed by atoms with van der Waals surface area (Å²) in [6, 6.07) is 3.96. The number of fused-ring (bicyclic) bond motifs is 1. The lowest BCUT2D eigenvalue weighted by Crippen LogP contribution is -2.43. The Labute approximate surface area is 190 Å². The van der Waals surface area contributed by atoms with Crippen molar-refractivity contribution >= 4 is 28.5 Å². The highest BCUT2D eigenvalue weighted by atomic mass is 16.6. The predicted octanol–water partition coefficient (Wildman–Crippen LogP) is 3.05. The van der Waals surface area contributed by atoms with Crippen molar-refractivity contribution in [3.63, 3.8) is 0 Å². The van der Waals surface area contributed by atoms with E-state index in [2.05, 4.69) is 30.3 Å². The van der Waals surface area contributed by atoms with E-state index in [0.29, 0.717) is 23.6 Å². The van der Waals surface area contributed by atoms with Crippen LogP contribution in [-0.2, 0) is 6.54 Å². The summed E-state index contributed by atoms with van der Waals surface area (Å²) < 4.78 is 7.16. The van der Waals surface area contributed by atoms with Crippen LogP contribution >= 0.6 is 0 Å². The summed E-state index contributed by atoms with van der Waals surface area (Å²) in [4.78, 5) is 26.7. The van der Waals surface area contributed by atoms with Crippen molar-refractivity contribution < 1.29 is 9.53 Å². The van der Waals surface area contributed by atoms with Crippen LogP contribution in [0.5, 0.6) is 5.75 Å². The molecule has 0 spiro atoms. The Balaban J connectivity index is 1.33. The van der Waals surface area contributed by atoms with Gasteiger partial charge in [-0.1, -0.05) is 6.07 Å². The third kappa shape index (κ3) is 4.51. The quantitative estimate of drug-likeness (QED) is 0.430. The van der Waals surface area contributed by atoms with Gasteiger partial charge in [-0.15, -0.1) is 0 Å².